The molecule has 0 saturated carbocycles. The van der Waals surface area contributed by atoms with Crippen LogP contribution in [-0.2, 0) is 9.53 Å². The molecule has 8 heteroatoms. The summed E-state index contributed by atoms with van der Waals surface area (Å²) in [5.74, 6) is 1.35. The van der Waals surface area contributed by atoms with Gasteiger partial charge in [0.1, 0.15) is 23.2 Å². The second kappa shape index (κ2) is 5.22. The molecule has 2 aromatic heterocycles. The van der Waals surface area contributed by atoms with Crippen molar-refractivity contribution < 1.29 is 13.9 Å². The molecule has 1 N–H and O–H groups in total. The molecule has 0 radical (unpaired) electrons. The molecule has 0 bridgehead atoms. The van der Waals surface area contributed by atoms with Gasteiger partial charge in [0.15, 0.2) is 0 Å². The number of hydrogen-bond acceptors (Lipinski definition) is 7. The van der Waals surface area contributed by atoms with Crippen molar-refractivity contribution in [2.75, 3.05) is 5.32 Å². The van der Waals surface area contributed by atoms with Gasteiger partial charge in [0, 0.05) is 5.70 Å². The van der Waals surface area contributed by atoms with Gasteiger partial charge in [-0.3, -0.25) is 0 Å². The molecule has 0 amide bonds. The molecule has 2 aromatic rings. The van der Waals surface area contributed by atoms with Crippen molar-refractivity contribution in [3.63, 3.8) is 0 Å². The molecule has 0 spiro atoms. The van der Waals surface area contributed by atoms with Crippen LogP contribution in [-0.4, -0.2) is 31.8 Å². The molecule has 0 aliphatic carbocycles. The third kappa shape index (κ3) is 2.84. The monoisotopic (exact) mass is 317 g/mol. The van der Waals surface area contributed by atoms with E-state index in [9.17, 15) is 4.79 Å². The molecule has 23 heavy (non-hydrogen) atoms. The highest BCUT2D eigenvalue weighted by Crippen LogP contribution is 2.36. The SMILES string of the molecule is CC1=C(C(=O)OC(C)(C)C)C(c2ccc(C)o2)n2nnnc2N1. The molecule has 0 saturated heterocycles. The maximum absolute atomic E-state index is 12.7. The molecular weight excluding hydrogens is 298 g/mol. The van der Waals surface area contributed by atoms with Crippen LogP contribution in [0.25, 0.3) is 0 Å². The topological polar surface area (TPSA) is 95.1 Å². The molecule has 122 valence electrons. The molecule has 8 nitrogen and oxygen atoms in total. The molecule has 0 fully saturated rings. The van der Waals surface area contributed by atoms with Crippen LogP contribution in [0.3, 0.4) is 0 Å². The lowest BCUT2D eigenvalue weighted by Gasteiger charge is -2.28. The van der Waals surface area contributed by atoms with Gasteiger partial charge in [0.05, 0.1) is 5.57 Å². The second-order valence-electron chi connectivity index (χ2n) is 6.46. The summed E-state index contributed by atoms with van der Waals surface area (Å²) in [5, 5.41) is 14.6. The summed E-state index contributed by atoms with van der Waals surface area (Å²) in [4.78, 5) is 12.7. The number of hydrogen-bond donors (Lipinski definition) is 1. The lowest BCUT2D eigenvalue weighted by atomic mass is 10.0. The number of aryl methyl sites for hydroxylation is 1. The number of nitrogens with zero attached hydrogens (tertiary/aromatic N) is 4. The fourth-order valence-electron chi connectivity index (χ4n) is 2.47. The van der Waals surface area contributed by atoms with Gasteiger partial charge in [-0.05, 0) is 57.2 Å². The first-order chi connectivity index (χ1) is 10.8. The van der Waals surface area contributed by atoms with Crippen LogP contribution in [0.15, 0.2) is 27.8 Å². The Morgan fingerprint density at radius 3 is 2.70 bits per heavy atom. The third-order valence-corrected chi connectivity index (χ3v) is 3.36. The van der Waals surface area contributed by atoms with E-state index in [1.165, 1.54) is 4.68 Å². The van der Waals surface area contributed by atoms with Crippen molar-refractivity contribution in [3.8, 4) is 0 Å². The summed E-state index contributed by atoms with van der Waals surface area (Å²) < 4.78 is 12.8. The van der Waals surface area contributed by atoms with E-state index in [-0.39, 0.29) is 0 Å². The smallest absolute Gasteiger partial charge is 0.338 e. The molecule has 1 aliphatic rings. The Hall–Kier alpha value is -2.64. The highest BCUT2D eigenvalue weighted by Gasteiger charge is 2.38. The lowest BCUT2D eigenvalue weighted by Crippen LogP contribution is -2.33. The predicted molar refractivity (Wildman–Crippen MR) is 81.6 cm³/mol. The van der Waals surface area contributed by atoms with E-state index in [4.69, 9.17) is 9.15 Å². The summed E-state index contributed by atoms with van der Waals surface area (Å²) in [6.45, 7) is 9.11. The van der Waals surface area contributed by atoms with Crippen LogP contribution in [0.5, 0.6) is 0 Å². The van der Waals surface area contributed by atoms with E-state index in [0.717, 1.165) is 5.76 Å². The molecular formula is C15H19N5O3. The van der Waals surface area contributed by atoms with Crippen LogP contribution >= 0.6 is 0 Å². The van der Waals surface area contributed by atoms with E-state index < -0.39 is 17.6 Å². The van der Waals surface area contributed by atoms with Gasteiger partial charge < -0.3 is 14.5 Å². The number of furan rings is 1. The molecule has 1 atom stereocenters. The zero-order chi connectivity index (χ0) is 16.8. The minimum absolute atomic E-state index is 0.425. The van der Waals surface area contributed by atoms with Crippen molar-refractivity contribution in [1.29, 1.82) is 0 Å². The number of nitrogens with one attached hydrogen (secondary N) is 1. The van der Waals surface area contributed by atoms with Crippen molar-refractivity contribution in [2.45, 2.75) is 46.3 Å². The number of rotatable bonds is 2. The van der Waals surface area contributed by atoms with E-state index in [1.807, 2.05) is 39.8 Å². The Kier molecular flexibility index (Phi) is 3.46. The van der Waals surface area contributed by atoms with Gasteiger partial charge >= 0.3 is 5.97 Å². The number of esters is 1. The Balaban J connectivity index is 2.09. The average Bonchev–Trinajstić information content (AvgIpc) is 3.03. The van der Waals surface area contributed by atoms with Gasteiger partial charge in [-0.1, -0.05) is 5.10 Å². The Morgan fingerprint density at radius 2 is 2.09 bits per heavy atom. The van der Waals surface area contributed by atoms with E-state index in [2.05, 4.69) is 20.8 Å². The summed E-state index contributed by atoms with van der Waals surface area (Å²) in [7, 11) is 0. The number of anilines is 1. The normalized spacial score (nSPS) is 17.7. The minimum Gasteiger partial charge on any atom is -0.464 e. The van der Waals surface area contributed by atoms with Crippen LogP contribution in [0, 0.1) is 6.92 Å². The maximum Gasteiger partial charge on any atom is 0.338 e. The van der Waals surface area contributed by atoms with E-state index >= 15 is 0 Å². The number of allylic oxidation sites excluding steroid dienone is 1. The first kappa shape index (κ1) is 15.3. The van der Waals surface area contributed by atoms with Crippen molar-refractivity contribution in [2.24, 2.45) is 0 Å². The van der Waals surface area contributed by atoms with Crippen LogP contribution in [0.4, 0.5) is 5.95 Å². The fourth-order valence-corrected chi connectivity index (χ4v) is 2.47. The largest absolute Gasteiger partial charge is 0.464 e. The highest BCUT2D eigenvalue weighted by atomic mass is 16.6. The zero-order valence-electron chi connectivity index (χ0n) is 13.7. The number of ether oxygens (including phenoxy) is 1. The minimum atomic E-state index is -0.602. The summed E-state index contributed by atoms with van der Waals surface area (Å²) in [6, 6.07) is 3.09. The summed E-state index contributed by atoms with van der Waals surface area (Å²) in [5.41, 5.74) is 0.462. The van der Waals surface area contributed by atoms with Gasteiger partial charge in [0.2, 0.25) is 5.95 Å². The molecule has 3 rings (SSSR count). The van der Waals surface area contributed by atoms with E-state index in [0.29, 0.717) is 23.0 Å². The number of carbonyl (C=O) groups is 1. The van der Waals surface area contributed by atoms with Crippen molar-refractivity contribution in [1.82, 2.24) is 20.2 Å². The van der Waals surface area contributed by atoms with Gasteiger partial charge in [-0.25, -0.2) is 4.79 Å². The van der Waals surface area contributed by atoms with Crippen molar-refractivity contribution >= 4 is 11.9 Å². The average molecular weight is 317 g/mol. The zero-order valence-corrected chi connectivity index (χ0v) is 13.7. The Bertz CT molecular complexity index is 781. The molecule has 1 aliphatic heterocycles. The number of fused-ring (bicyclic) bond motifs is 1. The number of aromatic nitrogens is 4. The maximum atomic E-state index is 12.7. The summed E-state index contributed by atoms with van der Waals surface area (Å²) in [6.07, 6.45) is 0. The Labute approximate surface area is 133 Å². The summed E-state index contributed by atoms with van der Waals surface area (Å²) >= 11 is 0. The molecule has 3 heterocycles. The predicted octanol–water partition coefficient (Wildman–Crippen LogP) is 2.21. The van der Waals surface area contributed by atoms with Crippen LogP contribution in [0.1, 0.15) is 45.3 Å². The first-order valence-electron chi connectivity index (χ1n) is 7.31. The lowest BCUT2D eigenvalue weighted by molar-refractivity contribution is -0.150. The quantitative estimate of drug-likeness (QED) is 0.848. The van der Waals surface area contributed by atoms with E-state index in [1.54, 1.807) is 6.92 Å². The van der Waals surface area contributed by atoms with Gasteiger partial charge in [0.25, 0.3) is 0 Å². The molecule has 0 aromatic carbocycles. The van der Waals surface area contributed by atoms with Crippen molar-refractivity contribution in [3.05, 3.63) is 34.9 Å². The van der Waals surface area contributed by atoms with Gasteiger partial charge in [-0.15, -0.1) is 0 Å². The van der Waals surface area contributed by atoms with Crippen LogP contribution in [0.2, 0.25) is 0 Å². The number of tetrazole rings is 1. The third-order valence-electron chi connectivity index (χ3n) is 3.36. The highest BCUT2D eigenvalue weighted by molar-refractivity contribution is 5.92. The second-order valence-corrected chi connectivity index (χ2v) is 6.46. The Morgan fingerprint density at radius 1 is 1.35 bits per heavy atom. The standard InChI is InChI=1S/C15H19N5O3/c1-8-6-7-10(22-8)12-11(13(21)23-15(3,4)5)9(2)16-14-17-18-19-20(12)14/h6-7,12H,1-5H3,(H,16,17,19). The first-order valence-corrected chi connectivity index (χ1v) is 7.31. The van der Waals surface area contributed by atoms with Gasteiger partial charge in [-0.2, -0.15) is 4.68 Å². The number of carbonyl (C=O) groups excluding carboxylic acids is 1. The fraction of sp³-hybridized carbons (Fsp3) is 0.467. The van der Waals surface area contributed by atoms with Crippen LogP contribution < -0.4 is 5.32 Å². The molecule has 1 unspecified atom stereocenters.